The summed E-state index contributed by atoms with van der Waals surface area (Å²) in [5, 5.41) is 14.2. The van der Waals surface area contributed by atoms with Gasteiger partial charge < -0.3 is 9.09 Å². The first-order valence-corrected chi connectivity index (χ1v) is 13.0. The summed E-state index contributed by atoms with van der Waals surface area (Å²) in [4.78, 5) is 7.08. The van der Waals surface area contributed by atoms with Gasteiger partial charge in [-0.25, -0.2) is 0 Å². The van der Waals surface area contributed by atoms with Crippen LogP contribution in [0.3, 0.4) is 0 Å². The van der Waals surface area contributed by atoms with Crippen LogP contribution in [0.4, 0.5) is 0 Å². The molecule has 34 heavy (non-hydrogen) atoms. The monoisotopic (exact) mass is 474 g/mol. The van der Waals surface area contributed by atoms with E-state index < -0.39 is 0 Å². The molecule has 0 saturated carbocycles. The lowest BCUT2D eigenvalue weighted by Crippen LogP contribution is -2.30. The van der Waals surface area contributed by atoms with Crippen molar-refractivity contribution < 1.29 is 4.52 Å². The van der Waals surface area contributed by atoms with Gasteiger partial charge in [0.25, 0.3) is 0 Å². The van der Waals surface area contributed by atoms with E-state index >= 15 is 0 Å². The summed E-state index contributed by atoms with van der Waals surface area (Å²) in [6.45, 7) is 5.99. The molecule has 0 spiro atoms. The zero-order valence-electron chi connectivity index (χ0n) is 19.6. The van der Waals surface area contributed by atoms with Crippen molar-refractivity contribution in [2.75, 3.05) is 13.1 Å². The van der Waals surface area contributed by atoms with Gasteiger partial charge >= 0.3 is 0 Å². The zero-order chi connectivity index (χ0) is 23.2. The van der Waals surface area contributed by atoms with E-state index in [0.717, 1.165) is 49.1 Å². The maximum absolute atomic E-state index is 5.54. The molecule has 2 aromatic heterocycles. The summed E-state index contributed by atoms with van der Waals surface area (Å²) >= 11 is 1.59. The van der Waals surface area contributed by atoms with E-state index in [4.69, 9.17) is 4.52 Å². The van der Waals surface area contributed by atoms with Crippen molar-refractivity contribution in [2.45, 2.75) is 56.6 Å². The van der Waals surface area contributed by atoms with E-state index in [0.29, 0.717) is 17.5 Å². The normalized spacial score (nSPS) is 14.5. The smallest absolute Gasteiger partial charge is 0.237 e. The predicted molar refractivity (Wildman–Crippen MR) is 133 cm³/mol. The molecule has 4 aromatic rings. The number of benzene rings is 2. The number of nitrogens with zero attached hydrogens (tertiary/aromatic N) is 6. The lowest BCUT2D eigenvalue weighted by atomic mass is 10.1. The summed E-state index contributed by atoms with van der Waals surface area (Å²) in [6.07, 6.45) is 4.85. The molecule has 0 N–H and O–H groups in total. The summed E-state index contributed by atoms with van der Waals surface area (Å²) < 4.78 is 7.77. The van der Waals surface area contributed by atoms with Crippen molar-refractivity contribution in [1.82, 2.24) is 29.8 Å². The number of aromatic nitrogens is 5. The number of likely N-dealkylation sites (tertiary alicyclic amines) is 1. The van der Waals surface area contributed by atoms with E-state index in [2.05, 4.69) is 73.1 Å². The van der Waals surface area contributed by atoms with Gasteiger partial charge in [0.1, 0.15) is 5.82 Å². The number of piperidine rings is 1. The van der Waals surface area contributed by atoms with Crippen LogP contribution in [0, 0.1) is 0 Å². The fourth-order valence-electron chi connectivity index (χ4n) is 4.23. The van der Waals surface area contributed by atoms with Crippen molar-refractivity contribution in [1.29, 1.82) is 0 Å². The Morgan fingerprint density at radius 1 is 0.882 bits per heavy atom. The minimum absolute atomic E-state index is 0.552. The standard InChI is InChI=1S/C26H30N6OS/c1-2-20-11-13-22(14-12-20)25-27-24(33-30-25)19-34-26-29-28-23(18-31-15-7-4-8-16-31)32(26)17-21-9-5-3-6-10-21/h3,5-6,9-14H,2,4,7-8,15-19H2,1H3. The molecule has 0 amide bonds. The molecule has 1 saturated heterocycles. The van der Waals surface area contributed by atoms with Crippen LogP contribution in [0.15, 0.2) is 64.3 Å². The Labute approximate surface area is 204 Å². The predicted octanol–water partition coefficient (Wildman–Crippen LogP) is 5.22. The molecule has 8 heteroatoms. The Balaban J connectivity index is 1.31. The van der Waals surface area contributed by atoms with Crippen LogP contribution in [0.5, 0.6) is 0 Å². The van der Waals surface area contributed by atoms with E-state index in [1.807, 2.05) is 18.2 Å². The summed E-state index contributed by atoms with van der Waals surface area (Å²) in [5.74, 6) is 2.77. The lowest BCUT2D eigenvalue weighted by Gasteiger charge is -2.26. The van der Waals surface area contributed by atoms with Gasteiger partial charge in [0.15, 0.2) is 5.16 Å². The highest BCUT2D eigenvalue weighted by Crippen LogP contribution is 2.25. The topological polar surface area (TPSA) is 72.9 Å². The summed E-state index contributed by atoms with van der Waals surface area (Å²) in [7, 11) is 0. The molecule has 0 atom stereocenters. The molecular weight excluding hydrogens is 444 g/mol. The molecule has 0 unspecified atom stereocenters. The third-order valence-corrected chi connectivity index (χ3v) is 7.16. The van der Waals surface area contributed by atoms with Gasteiger partial charge in [0, 0.05) is 5.56 Å². The van der Waals surface area contributed by atoms with E-state index in [9.17, 15) is 0 Å². The van der Waals surface area contributed by atoms with Gasteiger partial charge in [-0.05, 0) is 43.5 Å². The Morgan fingerprint density at radius 3 is 2.44 bits per heavy atom. The van der Waals surface area contributed by atoms with Crippen LogP contribution >= 0.6 is 11.8 Å². The maximum atomic E-state index is 5.54. The van der Waals surface area contributed by atoms with Gasteiger partial charge in [0.05, 0.1) is 18.8 Å². The quantitative estimate of drug-likeness (QED) is 0.308. The molecule has 0 radical (unpaired) electrons. The third-order valence-electron chi connectivity index (χ3n) is 6.20. The molecule has 1 aliphatic heterocycles. The first-order valence-electron chi connectivity index (χ1n) is 12.0. The second-order valence-corrected chi connectivity index (χ2v) is 9.60. The van der Waals surface area contributed by atoms with Crippen molar-refractivity contribution in [3.05, 3.63) is 77.4 Å². The zero-order valence-corrected chi connectivity index (χ0v) is 20.4. The van der Waals surface area contributed by atoms with Crippen LogP contribution in [0.1, 0.15) is 49.0 Å². The summed E-state index contributed by atoms with van der Waals surface area (Å²) in [5.41, 5.74) is 3.49. The first-order chi connectivity index (χ1) is 16.8. The Kier molecular flexibility index (Phi) is 7.36. The average Bonchev–Trinajstić information content (AvgIpc) is 3.51. The van der Waals surface area contributed by atoms with Gasteiger partial charge in [-0.2, -0.15) is 4.98 Å². The molecule has 1 fully saturated rings. The Morgan fingerprint density at radius 2 is 1.68 bits per heavy atom. The van der Waals surface area contributed by atoms with Crippen LogP contribution in [-0.2, 0) is 25.3 Å². The van der Waals surface area contributed by atoms with Crippen LogP contribution in [-0.4, -0.2) is 42.9 Å². The number of rotatable bonds is 9. The number of aryl methyl sites for hydroxylation is 1. The average molecular weight is 475 g/mol. The highest BCUT2D eigenvalue weighted by Gasteiger charge is 2.19. The van der Waals surface area contributed by atoms with Gasteiger partial charge in [-0.3, -0.25) is 4.90 Å². The molecule has 1 aliphatic rings. The molecule has 3 heterocycles. The van der Waals surface area contributed by atoms with Crippen LogP contribution < -0.4 is 0 Å². The van der Waals surface area contributed by atoms with E-state index in [-0.39, 0.29) is 0 Å². The first kappa shape index (κ1) is 22.8. The second-order valence-electron chi connectivity index (χ2n) is 8.66. The van der Waals surface area contributed by atoms with Crippen molar-refractivity contribution in [2.24, 2.45) is 0 Å². The van der Waals surface area contributed by atoms with Crippen molar-refractivity contribution in [3.63, 3.8) is 0 Å². The molecule has 0 aliphatic carbocycles. The highest BCUT2D eigenvalue weighted by atomic mass is 32.2. The fourth-order valence-corrected chi connectivity index (χ4v) is 5.03. The molecular formula is C26H30N6OS. The summed E-state index contributed by atoms with van der Waals surface area (Å²) in [6, 6.07) is 18.8. The Bertz CT molecular complexity index is 1180. The lowest BCUT2D eigenvalue weighted by molar-refractivity contribution is 0.213. The van der Waals surface area contributed by atoms with Gasteiger partial charge in [0.2, 0.25) is 11.7 Å². The highest BCUT2D eigenvalue weighted by molar-refractivity contribution is 7.98. The minimum Gasteiger partial charge on any atom is -0.338 e. The molecule has 0 bridgehead atoms. The van der Waals surface area contributed by atoms with E-state index in [1.165, 1.54) is 30.4 Å². The van der Waals surface area contributed by atoms with E-state index in [1.54, 1.807) is 11.8 Å². The van der Waals surface area contributed by atoms with Gasteiger partial charge in [-0.15, -0.1) is 10.2 Å². The minimum atomic E-state index is 0.552. The van der Waals surface area contributed by atoms with Crippen LogP contribution in [0.2, 0.25) is 0 Å². The SMILES string of the molecule is CCc1ccc(-c2noc(CSc3nnc(CN4CCCCC4)n3Cc3ccccc3)n2)cc1. The van der Waals surface area contributed by atoms with Crippen LogP contribution in [0.25, 0.3) is 11.4 Å². The molecule has 176 valence electrons. The molecule has 5 rings (SSSR count). The third kappa shape index (κ3) is 5.56. The Hall–Kier alpha value is -2.97. The van der Waals surface area contributed by atoms with Crippen molar-refractivity contribution >= 4 is 11.8 Å². The number of hydrogen-bond donors (Lipinski definition) is 0. The second kappa shape index (κ2) is 11.0. The van der Waals surface area contributed by atoms with Gasteiger partial charge in [-0.1, -0.05) is 84.9 Å². The molecule has 7 nitrogen and oxygen atoms in total. The molecule has 2 aromatic carbocycles. The van der Waals surface area contributed by atoms with Crippen molar-refractivity contribution in [3.8, 4) is 11.4 Å². The number of thioether (sulfide) groups is 1. The maximum Gasteiger partial charge on any atom is 0.237 e. The number of hydrogen-bond acceptors (Lipinski definition) is 7. The largest absolute Gasteiger partial charge is 0.338 e. The fraction of sp³-hybridized carbons (Fsp3) is 0.385.